The van der Waals surface area contributed by atoms with Gasteiger partial charge >= 0.3 is 0 Å². The molecule has 0 unspecified atom stereocenters. The maximum Gasteiger partial charge on any atom is 0.0344 e. The summed E-state index contributed by atoms with van der Waals surface area (Å²) in [4.78, 5) is 3.45. The van der Waals surface area contributed by atoms with Crippen LogP contribution >= 0.6 is 15.9 Å². The second-order valence-electron chi connectivity index (χ2n) is 5.88. The predicted octanol–water partition coefficient (Wildman–Crippen LogP) is 4.24. The van der Waals surface area contributed by atoms with E-state index in [0.29, 0.717) is 10.9 Å². The zero-order chi connectivity index (χ0) is 12.7. The molecule has 1 heterocycles. The average molecular weight is 308 g/mol. The van der Waals surface area contributed by atoms with Crippen LogP contribution in [0, 0.1) is 11.8 Å². The molecule has 1 aromatic rings. The molecule has 2 heteroatoms. The van der Waals surface area contributed by atoms with E-state index in [-0.39, 0.29) is 0 Å². The number of hydrogen-bond acceptors (Lipinski definition) is 1. The van der Waals surface area contributed by atoms with Crippen molar-refractivity contribution in [1.82, 2.24) is 4.90 Å². The Kier molecular flexibility index (Phi) is 3.50. The van der Waals surface area contributed by atoms with E-state index in [1.54, 1.807) is 0 Å². The van der Waals surface area contributed by atoms with Gasteiger partial charge in [0.1, 0.15) is 0 Å². The molecule has 2 fully saturated rings. The number of nitrogens with zero attached hydrogens (tertiary/aromatic N) is 1. The first-order valence-electron chi connectivity index (χ1n) is 7.17. The van der Waals surface area contributed by atoms with Gasteiger partial charge in [0.2, 0.25) is 0 Å². The van der Waals surface area contributed by atoms with E-state index in [9.17, 15) is 0 Å². The molecule has 1 aliphatic carbocycles. The molecule has 0 amide bonds. The van der Waals surface area contributed by atoms with Gasteiger partial charge in [-0.1, -0.05) is 59.6 Å². The zero-order valence-electron chi connectivity index (χ0n) is 11.2. The van der Waals surface area contributed by atoms with Crippen molar-refractivity contribution in [3.63, 3.8) is 0 Å². The number of benzene rings is 1. The van der Waals surface area contributed by atoms with Gasteiger partial charge in [0.05, 0.1) is 0 Å². The van der Waals surface area contributed by atoms with Crippen molar-refractivity contribution in [2.45, 2.75) is 43.6 Å². The first kappa shape index (κ1) is 12.7. The maximum absolute atomic E-state index is 3.95. The number of rotatable bonds is 3. The van der Waals surface area contributed by atoms with Gasteiger partial charge in [-0.2, -0.15) is 0 Å². The second kappa shape index (κ2) is 4.97. The second-order valence-corrected chi connectivity index (χ2v) is 6.94. The van der Waals surface area contributed by atoms with Crippen molar-refractivity contribution in [2.24, 2.45) is 11.8 Å². The number of piperidine rings is 1. The highest BCUT2D eigenvalue weighted by Gasteiger charge is 2.51. The normalized spacial score (nSPS) is 37.1. The molecule has 1 aliphatic heterocycles. The van der Waals surface area contributed by atoms with Gasteiger partial charge < -0.3 is 0 Å². The summed E-state index contributed by atoms with van der Waals surface area (Å²) in [6, 6.07) is 12.2. The third kappa shape index (κ3) is 1.94. The fraction of sp³-hybridized carbons (Fsp3) is 0.625. The largest absolute Gasteiger partial charge is 0.292 e. The summed E-state index contributed by atoms with van der Waals surface area (Å²) in [7, 11) is 0. The van der Waals surface area contributed by atoms with Crippen LogP contribution < -0.4 is 0 Å². The van der Waals surface area contributed by atoms with E-state index >= 15 is 0 Å². The Morgan fingerprint density at radius 3 is 2.67 bits per heavy atom. The van der Waals surface area contributed by atoms with Crippen molar-refractivity contribution < 1.29 is 0 Å². The first-order valence-corrected chi connectivity index (χ1v) is 8.08. The molecule has 5 atom stereocenters. The number of fused-ring (bicyclic) bond motifs is 2. The Hall–Kier alpha value is -0.340. The van der Waals surface area contributed by atoms with Crippen LogP contribution in [0.3, 0.4) is 0 Å². The summed E-state index contributed by atoms with van der Waals surface area (Å²) in [6.07, 6.45) is 2.75. The summed E-state index contributed by atoms with van der Waals surface area (Å²) in [5.41, 5.74) is 1.46. The van der Waals surface area contributed by atoms with Gasteiger partial charge in [0.15, 0.2) is 0 Å². The van der Waals surface area contributed by atoms with Gasteiger partial charge in [0, 0.05) is 23.5 Å². The average Bonchev–Trinajstić information content (AvgIpc) is 2.91. The van der Waals surface area contributed by atoms with Crippen molar-refractivity contribution in [2.75, 3.05) is 6.54 Å². The highest BCUT2D eigenvalue weighted by molar-refractivity contribution is 9.09. The zero-order valence-corrected chi connectivity index (χ0v) is 12.8. The molecule has 0 radical (unpaired) electrons. The van der Waals surface area contributed by atoms with Crippen molar-refractivity contribution >= 4 is 15.9 Å². The van der Waals surface area contributed by atoms with Crippen LogP contribution in [0.5, 0.6) is 0 Å². The van der Waals surface area contributed by atoms with Crippen molar-refractivity contribution in [3.8, 4) is 0 Å². The molecule has 0 spiro atoms. The highest BCUT2D eigenvalue weighted by Crippen LogP contribution is 2.49. The Bertz CT molecular complexity index is 405. The third-order valence-corrected chi connectivity index (χ3v) is 6.29. The molecule has 2 bridgehead atoms. The van der Waals surface area contributed by atoms with E-state index in [1.807, 2.05) is 0 Å². The lowest BCUT2D eigenvalue weighted by atomic mass is 9.93. The lowest BCUT2D eigenvalue weighted by molar-refractivity contribution is 0.114. The predicted molar refractivity (Wildman–Crippen MR) is 80.0 cm³/mol. The monoisotopic (exact) mass is 307 g/mol. The molecule has 1 nitrogen and oxygen atoms in total. The van der Waals surface area contributed by atoms with Crippen LogP contribution in [-0.4, -0.2) is 22.3 Å². The minimum Gasteiger partial charge on any atom is -0.292 e. The summed E-state index contributed by atoms with van der Waals surface area (Å²) in [6.45, 7) is 5.98. The van der Waals surface area contributed by atoms with Crippen LogP contribution in [0.2, 0.25) is 0 Å². The maximum atomic E-state index is 3.95. The Morgan fingerprint density at radius 2 is 2.06 bits per heavy atom. The summed E-state index contributed by atoms with van der Waals surface area (Å²) < 4.78 is 0. The molecular weight excluding hydrogens is 286 g/mol. The topological polar surface area (TPSA) is 3.24 Å². The molecule has 0 aromatic heterocycles. The Balaban J connectivity index is 1.82. The minimum atomic E-state index is 0.551. The Labute approximate surface area is 119 Å². The molecular formula is C16H22BrN. The van der Waals surface area contributed by atoms with Gasteiger partial charge in [-0.3, -0.25) is 4.90 Å². The third-order valence-electron chi connectivity index (χ3n) is 5.00. The van der Waals surface area contributed by atoms with Gasteiger partial charge in [-0.05, 0) is 30.7 Å². The molecule has 2 aliphatic rings. The number of hydrogen-bond donors (Lipinski definition) is 0. The molecule has 0 N–H and O–H groups in total. The lowest BCUT2D eigenvalue weighted by Gasteiger charge is -2.37. The van der Waals surface area contributed by atoms with Crippen LogP contribution in [0.25, 0.3) is 0 Å². The van der Waals surface area contributed by atoms with Gasteiger partial charge in [-0.25, -0.2) is 0 Å². The minimum absolute atomic E-state index is 0.551. The van der Waals surface area contributed by atoms with E-state index in [1.165, 1.54) is 24.9 Å². The smallest absolute Gasteiger partial charge is 0.0344 e. The molecule has 1 saturated heterocycles. The van der Waals surface area contributed by atoms with E-state index in [4.69, 9.17) is 0 Å². The van der Waals surface area contributed by atoms with Crippen LogP contribution in [0.1, 0.15) is 38.3 Å². The van der Waals surface area contributed by atoms with Crippen LogP contribution in [0.15, 0.2) is 30.3 Å². The fourth-order valence-electron chi connectivity index (χ4n) is 3.97. The standard InChI is InChI=1S/C16H22BrN/c1-3-12-9-14-10-18(16(12)15(14)17)11(2)13-7-5-4-6-8-13/h4-8,11-12,14-16H,3,9-10H2,1-2H3/t11-,12-,14+,15+,16+/m0/s1. The lowest BCUT2D eigenvalue weighted by Crippen LogP contribution is -2.40. The molecule has 98 valence electrons. The van der Waals surface area contributed by atoms with E-state index in [0.717, 1.165) is 17.9 Å². The molecule has 1 saturated carbocycles. The molecule has 1 aromatic carbocycles. The Morgan fingerprint density at radius 1 is 1.33 bits per heavy atom. The van der Waals surface area contributed by atoms with E-state index in [2.05, 4.69) is 65.0 Å². The van der Waals surface area contributed by atoms with Crippen LogP contribution in [-0.2, 0) is 0 Å². The number of halogens is 1. The number of alkyl halides is 1. The molecule has 18 heavy (non-hydrogen) atoms. The van der Waals surface area contributed by atoms with E-state index < -0.39 is 0 Å². The quantitative estimate of drug-likeness (QED) is 0.755. The fourth-order valence-corrected chi connectivity index (χ4v) is 5.08. The van der Waals surface area contributed by atoms with Crippen LogP contribution in [0.4, 0.5) is 0 Å². The van der Waals surface area contributed by atoms with Gasteiger partial charge in [-0.15, -0.1) is 0 Å². The van der Waals surface area contributed by atoms with Crippen molar-refractivity contribution in [3.05, 3.63) is 35.9 Å². The SMILES string of the molecule is CC[C@H]1C[C@@H]2CN([C@@H](C)c3ccccc3)[C@H]1[C@@H]2Br. The first-order chi connectivity index (χ1) is 8.72. The summed E-state index contributed by atoms with van der Waals surface area (Å²) in [5, 5.41) is 0. The summed E-state index contributed by atoms with van der Waals surface area (Å²) >= 11 is 3.95. The highest BCUT2D eigenvalue weighted by atomic mass is 79.9. The summed E-state index contributed by atoms with van der Waals surface area (Å²) in [5.74, 6) is 1.75. The number of likely N-dealkylation sites (tertiary alicyclic amines) is 1. The van der Waals surface area contributed by atoms with Crippen molar-refractivity contribution in [1.29, 1.82) is 0 Å². The van der Waals surface area contributed by atoms with Gasteiger partial charge in [0.25, 0.3) is 0 Å². The molecule has 3 rings (SSSR count).